The lowest BCUT2D eigenvalue weighted by Crippen LogP contribution is -2.37. The van der Waals surface area contributed by atoms with Gasteiger partial charge < -0.3 is 10.1 Å². The summed E-state index contributed by atoms with van der Waals surface area (Å²) in [4.78, 5) is 0. The van der Waals surface area contributed by atoms with Crippen LogP contribution >= 0.6 is 15.9 Å². The van der Waals surface area contributed by atoms with Crippen LogP contribution in [-0.2, 0) is 13.2 Å². The fourth-order valence-electron chi connectivity index (χ4n) is 2.02. The van der Waals surface area contributed by atoms with Gasteiger partial charge in [0.2, 0.25) is 0 Å². The van der Waals surface area contributed by atoms with E-state index in [4.69, 9.17) is 4.74 Å². The van der Waals surface area contributed by atoms with Crippen molar-refractivity contribution in [3.8, 4) is 5.75 Å². The van der Waals surface area contributed by atoms with Crippen LogP contribution in [0.15, 0.2) is 53.0 Å². The minimum Gasteiger partial charge on any atom is -0.489 e. The van der Waals surface area contributed by atoms with Gasteiger partial charge in [-0.25, -0.2) is 0 Å². The second-order valence-corrected chi connectivity index (χ2v) is 7.03. The molecule has 0 saturated carbocycles. The summed E-state index contributed by atoms with van der Waals surface area (Å²) in [6.07, 6.45) is 1.08. The monoisotopic (exact) mass is 361 g/mol. The normalized spacial score (nSPS) is 11.5. The van der Waals surface area contributed by atoms with E-state index in [0.29, 0.717) is 6.61 Å². The first-order valence-electron chi connectivity index (χ1n) is 7.70. The summed E-state index contributed by atoms with van der Waals surface area (Å²) >= 11 is 3.55. The molecule has 0 saturated heterocycles. The number of rotatable bonds is 7. The zero-order valence-corrected chi connectivity index (χ0v) is 15.1. The molecule has 0 aromatic heterocycles. The van der Waals surface area contributed by atoms with Crippen LogP contribution in [0.25, 0.3) is 0 Å². The lowest BCUT2D eigenvalue weighted by Gasteiger charge is -2.25. The highest BCUT2D eigenvalue weighted by atomic mass is 79.9. The molecule has 22 heavy (non-hydrogen) atoms. The number of nitrogens with one attached hydrogen (secondary N) is 1. The Morgan fingerprint density at radius 1 is 1.09 bits per heavy atom. The van der Waals surface area contributed by atoms with E-state index in [1.165, 1.54) is 11.1 Å². The Bertz CT molecular complexity index is 596. The third kappa shape index (κ3) is 5.15. The van der Waals surface area contributed by atoms with E-state index in [2.05, 4.69) is 60.2 Å². The molecule has 2 nitrogen and oxygen atoms in total. The van der Waals surface area contributed by atoms with E-state index in [9.17, 15) is 0 Å². The van der Waals surface area contributed by atoms with Crippen molar-refractivity contribution in [3.63, 3.8) is 0 Å². The maximum Gasteiger partial charge on any atom is 0.124 e. The van der Waals surface area contributed by atoms with E-state index in [1.807, 2.05) is 30.3 Å². The number of hydrogen-bond donors (Lipinski definition) is 1. The summed E-state index contributed by atoms with van der Waals surface area (Å²) in [5, 5.41) is 3.59. The summed E-state index contributed by atoms with van der Waals surface area (Å²) in [6, 6.07) is 16.4. The number of benzene rings is 2. The molecule has 0 radical (unpaired) electrons. The molecular formula is C19H24BrNO. The SMILES string of the molecule is CCC(C)(C)NCc1cc(Br)ccc1OCc1ccccc1. The van der Waals surface area contributed by atoms with E-state index in [0.717, 1.165) is 23.2 Å². The highest BCUT2D eigenvalue weighted by Gasteiger charge is 2.15. The zero-order valence-electron chi connectivity index (χ0n) is 13.5. The van der Waals surface area contributed by atoms with Gasteiger partial charge in [-0.1, -0.05) is 53.2 Å². The topological polar surface area (TPSA) is 21.3 Å². The smallest absolute Gasteiger partial charge is 0.124 e. The van der Waals surface area contributed by atoms with Gasteiger partial charge in [-0.05, 0) is 44.0 Å². The predicted octanol–water partition coefficient (Wildman–Crippen LogP) is 5.31. The first-order chi connectivity index (χ1) is 10.5. The third-order valence-corrected chi connectivity index (χ3v) is 4.39. The molecule has 3 heteroatoms. The molecular weight excluding hydrogens is 338 g/mol. The summed E-state index contributed by atoms with van der Waals surface area (Å²) in [7, 11) is 0. The Morgan fingerprint density at radius 3 is 2.50 bits per heavy atom. The van der Waals surface area contributed by atoms with Crippen molar-refractivity contribution in [2.24, 2.45) is 0 Å². The van der Waals surface area contributed by atoms with Gasteiger partial charge in [-0.2, -0.15) is 0 Å². The van der Waals surface area contributed by atoms with Gasteiger partial charge in [0.25, 0.3) is 0 Å². The molecule has 0 spiro atoms. The van der Waals surface area contributed by atoms with Crippen LogP contribution in [-0.4, -0.2) is 5.54 Å². The Balaban J connectivity index is 2.07. The van der Waals surface area contributed by atoms with E-state index < -0.39 is 0 Å². The summed E-state index contributed by atoms with van der Waals surface area (Å²) in [6.45, 7) is 8.02. The lowest BCUT2D eigenvalue weighted by atomic mass is 10.0. The van der Waals surface area contributed by atoms with E-state index in [-0.39, 0.29) is 5.54 Å². The summed E-state index contributed by atoms with van der Waals surface area (Å²) in [5.74, 6) is 0.937. The molecule has 0 aliphatic rings. The maximum absolute atomic E-state index is 6.02. The van der Waals surface area contributed by atoms with Crippen LogP contribution in [0, 0.1) is 0 Å². The molecule has 2 aromatic carbocycles. The summed E-state index contributed by atoms with van der Waals surface area (Å²) < 4.78 is 7.09. The van der Waals surface area contributed by atoms with Crippen molar-refractivity contribution < 1.29 is 4.74 Å². The van der Waals surface area contributed by atoms with Crippen molar-refractivity contribution in [3.05, 3.63) is 64.1 Å². The fourth-order valence-corrected chi connectivity index (χ4v) is 2.43. The minimum absolute atomic E-state index is 0.124. The van der Waals surface area contributed by atoms with Crippen molar-refractivity contribution in [2.75, 3.05) is 0 Å². The predicted molar refractivity (Wildman–Crippen MR) is 96.1 cm³/mol. The minimum atomic E-state index is 0.124. The van der Waals surface area contributed by atoms with Crippen LogP contribution in [0.4, 0.5) is 0 Å². The van der Waals surface area contributed by atoms with Crippen LogP contribution in [0.1, 0.15) is 38.3 Å². The molecule has 1 N–H and O–H groups in total. The molecule has 0 unspecified atom stereocenters. The Hall–Kier alpha value is -1.32. The van der Waals surface area contributed by atoms with Gasteiger partial charge in [-0.3, -0.25) is 0 Å². The summed E-state index contributed by atoms with van der Waals surface area (Å²) in [5.41, 5.74) is 2.48. The van der Waals surface area contributed by atoms with Crippen LogP contribution in [0.5, 0.6) is 5.75 Å². The number of hydrogen-bond acceptors (Lipinski definition) is 2. The Labute approximate surface area is 142 Å². The second kappa shape index (κ2) is 7.80. The number of ether oxygens (including phenoxy) is 1. The first-order valence-corrected chi connectivity index (χ1v) is 8.49. The largest absolute Gasteiger partial charge is 0.489 e. The van der Waals surface area contributed by atoms with Gasteiger partial charge >= 0.3 is 0 Å². The van der Waals surface area contributed by atoms with Gasteiger partial charge in [0, 0.05) is 22.1 Å². The van der Waals surface area contributed by atoms with Gasteiger partial charge in [-0.15, -0.1) is 0 Å². The molecule has 0 bridgehead atoms. The average molecular weight is 362 g/mol. The maximum atomic E-state index is 6.02. The van der Waals surface area contributed by atoms with Crippen molar-refractivity contribution in [2.45, 2.75) is 45.9 Å². The molecule has 0 atom stereocenters. The quantitative estimate of drug-likeness (QED) is 0.721. The third-order valence-electron chi connectivity index (χ3n) is 3.90. The van der Waals surface area contributed by atoms with Crippen molar-refractivity contribution >= 4 is 15.9 Å². The van der Waals surface area contributed by atoms with Crippen molar-refractivity contribution in [1.82, 2.24) is 5.32 Å². The van der Waals surface area contributed by atoms with Gasteiger partial charge in [0.1, 0.15) is 12.4 Å². The molecule has 0 fully saturated rings. The zero-order chi connectivity index (χ0) is 16.0. The average Bonchev–Trinajstić information content (AvgIpc) is 2.53. The van der Waals surface area contributed by atoms with E-state index in [1.54, 1.807) is 0 Å². The molecule has 0 aliphatic carbocycles. The highest BCUT2D eigenvalue weighted by Crippen LogP contribution is 2.25. The van der Waals surface area contributed by atoms with Crippen molar-refractivity contribution in [1.29, 1.82) is 0 Å². The standard InChI is InChI=1S/C19H24BrNO/c1-4-19(2,3)21-13-16-12-17(20)10-11-18(16)22-14-15-8-6-5-7-9-15/h5-12,21H,4,13-14H2,1-3H3. The Morgan fingerprint density at radius 2 is 1.82 bits per heavy atom. The first kappa shape index (κ1) is 17.0. The molecule has 0 aliphatic heterocycles. The second-order valence-electron chi connectivity index (χ2n) is 6.12. The fraction of sp³-hybridized carbons (Fsp3) is 0.368. The van der Waals surface area contributed by atoms with Crippen LogP contribution in [0.3, 0.4) is 0 Å². The van der Waals surface area contributed by atoms with Crippen LogP contribution in [0.2, 0.25) is 0 Å². The lowest BCUT2D eigenvalue weighted by molar-refractivity contribution is 0.298. The van der Waals surface area contributed by atoms with Gasteiger partial charge in [0.05, 0.1) is 0 Å². The molecule has 2 rings (SSSR count). The molecule has 2 aromatic rings. The molecule has 118 valence electrons. The highest BCUT2D eigenvalue weighted by molar-refractivity contribution is 9.10. The molecule has 0 heterocycles. The Kier molecular flexibility index (Phi) is 6.04. The number of halogens is 1. The van der Waals surface area contributed by atoms with Crippen LogP contribution < -0.4 is 10.1 Å². The van der Waals surface area contributed by atoms with E-state index >= 15 is 0 Å². The van der Waals surface area contributed by atoms with Gasteiger partial charge in [0.15, 0.2) is 0 Å². The molecule has 0 amide bonds.